The number of phenolic OH excluding ortho intramolecular Hbond substituents is 1. The first kappa shape index (κ1) is 21.5. The van der Waals surface area contributed by atoms with Crippen LogP contribution in [0.25, 0.3) is 0 Å². The summed E-state index contributed by atoms with van der Waals surface area (Å²) in [5.74, 6) is -1.57. The van der Waals surface area contributed by atoms with Crippen molar-refractivity contribution in [2.75, 3.05) is 0 Å². The molecule has 0 aliphatic rings. The summed E-state index contributed by atoms with van der Waals surface area (Å²) in [6.07, 6.45) is -0.973. The van der Waals surface area contributed by atoms with Crippen molar-refractivity contribution in [3.05, 3.63) is 29.3 Å². The number of rotatable bonds is 5. The number of carbonyl (C=O) groups is 3. The number of aliphatic carboxylic acids is 1. The van der Waals surface area contributed by atoms with Crippen LogP contribution in [0.3, 0.4) is 0 Å². The monoisotopic (exact) mass is 365 g/mol. The molecule has 0 aliphatic heterocycles. The number of Topliss-reactive ketones (excluding diaryl/α,β-unsaturated/α-hetero) is 1. The molecule has 1 aromatic carbocycles. The zero-order valence-corrected chi connectivity index (χ0v) is 16.0. The molecule has 7 nitrogen and oxygen atoms in total. The molecule has 0 heterocycles. The van der Waals surface area contributed by atoms with E-state index in [0.29, 0.717) is 5.56 Å². The number of nitrogens with one attached hydrogen (secondary N) is 1. The molecule has 0 saturated carbocycles. The lowest BCUT2D eigenvalue weighted by atomic mass is 9.83. The quantitative estimate of drug-likeness (QED) is 0.691. The Balaban J connectivity index is 3.12. The minimum atomic E-state index is -1.28. The van der Waals surface area contributed by atoms with Gasteiger partial charge in [0.05, 0.1) is 0 Å². The topological polar surface area (TPSA) is 113 Å². The van der Waals surface area contributed by atoms with Gasteiger partial charge >= 0.3 is 12.1 Å². The summed E-state index contributed by atoms with van der Waals surface area (Å²) in [7, 11) is 0. The SMILES string of the molecule is CC(C)(C)OC(=O)N[C@@H](Cc1ccc(O)cc1C(=O)C(C)(C)C)C(=O)O. The van der Waals surface area contributed by atoms with Gasteiger partial charge < -0.3 is 20.3 Å². The van der Waals surface area contributed by atoms with Gasteiger partial charge in [-0.15, -0.1) is 0 Å². The highest BCUT2D eigenvalue weighted by Gasteiger charge is 2.29. The van der Waals surface area contributed by atoms with Gasteiger partial charge in [-0.25, -0.2) is 9.59 Å². The highest BCUT2D eigenvalue weighted by molar-refractivity contribution is 6.01. The van der Waals surface area contributed by atoms with Crippen molar-refractivity contribution < 1.29 is 29.3 Å². The highest BCUT2D eigenvalue weighted by Crippen LogP contribution is 2.27. The van der Waals surface area contributed by atoms with Crippen molar-refractivity contribution >= 4 is 17.8 Å². The van der Waals surface area contributed by atoms with Crippen LogP contribution in [0.2, 0.25) is 0 Å². The van der Waals surface area contributed by atoms with Gasteiger partial charge in [-0.2, -0.15) is 0 Å². The van der Waals surface area contributed by atoms with E-state index in [9.17, 15) is 24.6 Å². The normalized spacial score (nSPS) is 13.0. The number of aromatic hydroxyl groups is 1. The molecule has 1 rings (SSSR count). The van der Waals surface area contributed by atoms with Gasteiger partial charge in [0.15, 0.2) is 5.78 Å². The molecule has 0 unspecified atom stereocenters. The molecule has 0 aliphatic carbocycles. The first-order chi connectivity index (χ1) is 11.7. The molecule has 0 aromatic heterocycles. The Kier molecular flexibility index (Phi) is 6.41. The van der Waals surface area contributed by atoms with Crippen LogP contribution in [0.15, 0.2) is 18.2 Å². The summed E-state index contributed by atoms with van der Waals surface area (Å²) in [5.41, 5.74) is -0.820. The van der Waals surface area contributed by atoms with Crippen LogP contribution >= 0.6 is 0 Å². The number of carboxylic acid groups (broad SMARTS) is 1. The fourth-order valence-corrected chi connectivity index (χ4v) is 2.23. The second-order valence-corrected chi connectivity index (χ2v) is 8.16. The molecule has 3 N–H and O–H groups in total. The van der Waals surface area contributed by atoms with Crippen LogP contribution in [0.4, 0.5) is 4.79 Å². The van der Waals surface area contributed by atoms with E-state index >= 15 is 0 Å². The molecule has 0 spiro atoms. The number of alkyl carbamates (subject to hydrolysis) is 1. The third-order valence-corrected chi connectivity index (χ3v) is 3.43. The minimum Gasteiger partial charge on any atom is -0.508 e. The minimum absolute atomic E-state index is 0.0895. The zero-order chi connectivity index (χ0) is 20.3. The smallest absolute Gasteiger partial charge is 0.408 e. The lowest BCUT2D eigenvalue weighted by molar-refractivity contribution is -0.139. The number of carboxylic acids is 1. The summed E-state index contributed by atoms with van der Waals surface area (Å²) >= 11 is 0. The van der Waals surface area contributed by atoms with Gasteiger partial charge in [0.2, 0.25) is 0 Å². The van der Waals surface area contributed by atoms with Crippen LogP contribution in [0, 0.1) is 5.41 Å². The Morgan fingerprint density at radius 3 is 2.15 bits per heavy atom. The third kappa shape index (κ3) is 6.38. The average Bonchev–Trinajstić information content (AvgIpc) is 2.44. The standard InChI is InChI=1S/C19H27NO6/c1-18(2,3)15(22)13-10-12(21)8-7-11(13)9-14(16(23)24)20-17(25)26-19(4,5)6/h7-8,10,14,21H,9H2,1-6H3,(H,20,25)(H,23,24)/t14-/m0/s1. The number of ketones is 1. The molecule has 0 saturated heterocycles. The molecule has 144 valence electrons. The van der Waals surface area contributed by atoms with Crippen LogP contribution in [-0.2, 0) is 16.0 Å². The summed E-state index contributed by atoms with van der Waals surface area (Å²) in [4.78, 5) is 36.1. The maximum atomic E-state index is 12.6. The molecular weight excluding hydrogens is 338 g/mol. The predicted octanol–water partition coefficient (Wildman–Crippen LogP) is 3.14. The van der Waals surface area contributed by atoms with E-state index in [1.165, 1.54) is 18.2 Å². The molecule has 7 heteroatoms. The lowest BCUT2D eigenvalue weighted by Gasteiger charge is -2.23. The first-order valence-corrected chi connectivity index (χ1v) is 8.30. The van der Waals surface area contributed by atoms with Gasteiger partial charge in [-0.3, -0.25) is 4.79 Å². The predicted molar refractivity (Wildman–Crippen MR) is 96.4 cm³/mol. The zero-order valence-electron chi connectivity index (χ0n) is 16.0. The van der Waals surface area contributed by atoms with Crippen molar-refractivity contribution in [2.45, 2.75) is 59.6 Å². The van der Waals surface area contributed by atoms with Crippen molar-refractivity contribution in [1.29, 1.82) is 0 Å². The van der Waals surface area contributed by atoms with Gasteiger partial charge in [0.1, 0.15) is 17.4 Å². The van der Waals surface area contributed by atoms with Crippen molar-refractivity contribution in [2.24, 2.45) is 5.41 Å². The van der Waals surface area contributed by atoms with Crippen LogP contribution < -0.4 is 5.32 Å². The molecule has 1 amide bonds. The Labute approximate surface area is 153 Å². The maximum Gasteiger partial charge on any atom is 0.408 e. The van der Waals surface area contributed by atoms with Gasteiger partial charge in [-0.1, -0.05) is 26.8 Å². The van der Waals surface area contributed by atoms with Crippen molar-refractivity contribution in [3.8, 4) is 5.75 Å². The summed E-state index contributed by atoms with van der Waals surface area (Å²) in [6.45, 7) is 10.2. The van der Waals surface area contributed by atoms with Crippen LogP contribution in [-0.4, -0.2) is 39.7 Å². The van der Waals surface area contributed by atoms with Crippen LogP contribution in [0.5, 0.6) is 5.75 Å². The number of hydrogen-bond acceptors (Lipinski definition) is 5. The molecule has 0 fully saturated rings. The van der Waals surface area contributed by atoms with E-state index in [0.717, 1.165) is 0 Å². The average molecular weight is 365 g/mol. The number of hydrogen-bond donors (Lipinski definition) is 3. The molecule has 1 atom stereocenters. The molecular formula is C19H27NO6. The molecule has 0 radical (unpaired) electrons. The Hall–Kier alpha value is -2.57. The number of phenols is 1. The van der Waals surface area contributed by atoms with Gasteiger partial charge in [0, 0.05) is 17.4 Å². The second kappa shape index (κ2) is 7.76. The van der Waals surface area contributed by atoms with E-state index in [2.05, 4.69) is 5.32 Å². The number of carbonyl (C=O) groups excluding carboxylic acids is 2. The van der Waals surface area contributed by atoms with E-state index in [-0.39, 0.29) is 23.5 Å². The third-order valence-electron chi connectivity index (χ3n) is 3.43. The first-order valence-electron chi connectivity index (χ1n) is 8.30. The number of benzene rings is 1. The number of ether oxygens (including phenoxy) is 1. The Morgan fingerprint density at radius 1 is 1.12 bits per heavy atom. The van der Waals surface area contributed by atoms with Gasteiger partial charge in [-0.05, 0) is 38.5 Å². The lowest BCUT2D eigenvalue weighted by Crippen LogP contribution is -2.45. The van der Waals surface area contributed by atoms with E-state index in [1.54, 1.807) is 41.5 Å². The number of amides is 1. The fourth-order valence-electron chi connectivity index (χ4n) is 2.23. The summed E-state index contributed by atoms with van der Waals surface area (Å²) in [6, 6.07) is 2.90. The highest BCUT2D eigenvalue weighted by atomic mass is 16.6. The maximum absolute atomic E-state index is 12.6. The largest absolute Gasteiger partial charge is 0.508 e. The van der Waals surface area contributed by atoms with Gasteiger partial charge in [0.25, 0.3) is 0 Å². The van der Waals surface area contributed by atoms with E-state index < -0.39 is 29.1 Å². The Bertz CT molecular complexity index is 697. The summed E-state index contributed by atoms with van der Waals surface area (Å²) in [5, 5.41) is 21.4. The molecule has 1 aromatic rings. The van der Waals surface area contributed by atoms with Crippen molar-refractivity contribution in [1.82, 2.24) is 5.32 Å². The van der Waals surface area contributed by atoms with Crippen LogP contribution in [0.1, 0.15) is 57.5 Å². The summed E-state index contributed by atoms with van der Waals surface area (Å²) < 4.78 is 5.09. The van der Waals surface area contributed by atoms with E-state index in [1.807, 2.05) is 0 Å². The molecule has 26 heavy (non-hydrogen) atoms. The second-order valence-electron chi connectivity index (χ2n) is 8.16. The van der Waals surface area contributed by atoms with E-state index in [4.69, 9.17) is 4.74 Å². The van der Waals surface area contributed by atoms with Crippen molar-refractivity contribution in [3.63, 3.8) is 0 Å². The fraction of sp³-hybridized carbons (Fsp3) is 0.526. The molecule has 0 bridgehead atoms. The Morgan fingerprint density at radius 2 is 1.69 bits per heavy atom.